The minimum atomic E-state index is -4.52. The lowest BCUT2D eigenvalue weighted by atomic mass is 10.0. The van der Waals surface area contributed by atoms with Crippen LogP contribution in [-0.2, 0) is 27.9 Å². The van der Waals surface area contributed by atoms with Crippen LogP contribution < -0.4 is 0 Å². The number of hydrogen-bond acceptors (Lipinski definition) is 8. The Balaban J connectivity index is 4.28. The molecule has 0 aromatic rings. The van der Waals surface area contributed by atoms with E-state index in [1.54, 1.807) is 0 Å². The zero-order valence-electron chi connectivity index (χ0n) is 31.9. The highest BCUT2D eigenvalue weighted by Gasteiger charge is 2.26. The first-order valence-electron chi connectivity index (χ1n) is 20.0. The lowest BCUT2D eigenvalue weighted by Crippen LogP contribution is -2.29. The number of hydrogen-bond donors (Lipinski definition) is 3. The third kappa shape index (κ3) is 36.5. The minimum absolute atomic E-state index is 0.0361. The van der Waals surface area contributed by atoms with Crippen molar-refractivity contribution in [2.24, 2.45) is 0 Å². The van der Waals surface area contributed by atoms with Gasteiger partial charge in [-0.2, -0.15) is 0 Å². The van der Waals surface area contributed by atoms with Crippen molar-refractivity contribution in [3.8, 4) is 0 Å². The average Bonchev–Trinajstić information content (AvgIpc) is 3.10. The van der Waals surface area contributed by atoms with Crippen molar-refractivity contribution in [3.63, 3.8) is 0 Å². The van der Waals surface area contributed by atoms with E-state index in [1.807, 2.05) is 0 Å². The van der Waals surface area contributed by atoms with Gasteiger partial charge in [-0.15, -0.1) is 0 Å². The molecule has 10 heteroatoms. The van der Waals surface area contributed by atoms with E-state index >= 15 is 0 Å². The summed E-state index contributed by atoms with van der Waals surface area (Å²) in [6.07, 6.45) is 38.1. The molecule has 0 aliphatic rings. The number of ether oxygens (including phenoxy) is 2. The summed E-state index contributed by atoms with van der Waals surface area (Å²) in [5.74, 6) is -0.419. The summed E-state index contributed by atoms with van der Waals surface area (Å²) in [7, 11) is -4.52. The molecule has 0 fully saturated rings. The summed E-state index contributed by atoms with van der Waals surface area (Å²) in [6.45, 7) is 3.44. The molecule has 1 unspecified atom stereocenters. The molecule has 9 nitrogen and oxygen atoms in total. The first-order valence-corrected chi connectivity index (χ1v) is 21.5. The zero-order chi connectivity index (χ0) is 36.8. The number of phosphoric acid groups is 1. The molecule has 0 radical (unpaired) electrons. The van der Waals surface area contributed by atoms with Crippen molar-refractivity contribution in [1.82, 2.24) is 0 Å². The van der Waals surface area contributed by atoms with Gasteiger partial charge in [-0.25, -0.2) is 4.57 Å². The van der Waals surface area contributed by atoms with Crippen molar-refractivity contribution < 1.29 is 43.0 Å². The highest BCUT2D eigenvalue weighted by molar-refractivity contribution is 7.47. The van der Waals surface area contributed by atoms with Gasteiger partial charge in [0, 0.05) is 13.0 Å². The summed E-state index contributed by atoms with van der Waals surface area (Å²) in [6, 6.07) is 0. The van der Waals surface area contributed by atoms with Crippen LogP contribution in [0.2, 0.25) is 0 Å². The van der Waals surface area contributed by atoms with Gasteiger partial charge >= 0.3 is 13.8 Å². The number of esters is 1. The van der Waals surface area contributed by atoms with Gasteiger partial charge in [-0.1, -0.05) is 147 Å². The molecule has 0 saturated heterocycles. The number of phosphoric ester groups is 1. The van der Waals surface area contributed by atoms with E-state index in [2.05, 4.69) is 50.3 Å². The summed E-state index contributed by atoms with van der Waals surface area (Å²) < 4.78 is 33.2. The summed E-state index contributed by atoms with van der Waals surface area (Å²) in [5.41, 5.74) is 0. The maximum absolute atomic E-state index is 12.5. The Bertz CT molecular complexity index is 877. The van der Waals surface area contributed by atoms with Crippen LogP contribution in [0.4, 0.5) is 0 Å². The molecule has 294 valence electrons. The van der Waals surface area contributed by atoms with Crippen molar-refractivity contribution in [3.05, 3.63) is 36.5 Å². The van der Waals surface area contributed by atoms with Gasteiger partial charge in [0.15, 0.2) is 0 Å². The van der Waals surface area contributed by atoms with E-state index in [-0.39, 0.29) is 13.0 Å². The van der Waals surface area contributed by atoms with E-state index in [1.165, 1.54) is 89.9 Å². The second-order valence-electron chi connectivity index (χ2n) is 13.3. The summed E-state index contributed by atoms with van der Waals surface area (Å²) >= 11 is 0. The van der Waals surface area contributed by atoms with Crippen LogP contribution in [0.3, 0.4) is 0 Å². The van der Waals surface area contributed by atoms with Crippen molar-refractivity contribution >= 4 is 13.8 Å². The molecule has 0 spiro atoms. The van der Waals surface area contributed by atoms with Gasteiger partial charge in [0.2, 0.25) is 0 Å². The Kier molecular flexibility index (Phi) is 36.4. The fourth-order valence-electron chi connectivity index (χ4n) is 5.24. The van der Waals surface area contributed by atoms with Gasteiger partial charge in [-0.05, 0) is 51.4 Å². The number of rotatable bonds is 38. The van der Waals surface area contributed by atoms with Crippen LogP contribution >= 0.6 is 7.82 Å². The number of aliphatic hydroxyl groups excluding tert-OH is 2. The largest absolute Gasteiger partial charge is 0.472 e. The molecule has 0 aliphatic carbocycles. The van der Waals surface area contributed by atoms with E-state index in [4.69, 9.17) is 23.6 Å². The molecule has 0 aromatic heterocycles. The second kappa shape index (κ2) is 37.4. The van der Waals surface area contributed by atoms with Crippen LogP contribution in [0.5, 0.6) is 0 Å². The predicted octanol–water partition coefficient (Wildman–Crippen LogP) is 10.5. The van der Waals surface area contributed by atoms with E-state index in [9.17, 15) is 19.4 Å². The van der Waals surface area contributed by atoms with E-state index in [0.29, 0.717) is 13.0 Å². The zero-order valence-corrected chi connectivity index (χ0v) is 32.8. The smallest absolute Gasteiger partial charge is 0.457 e. The Morgan fingerprint density at radius 3 is 1.62 bits per heavy atom. The van der Waals surface area contributed by atoms with Gasteiger partial charge in [-0.3, -0.25) is 13.8 Å². The highest BCUT2D eigenvalue weighted by Crippen LogP contribution is 2.43. The third-order valence-corrected chi connectivity index (χ3v) is 9.28. The number of carbonyl (C=O) groups is 1. The normalized spacial score (nSPS) is 14.6. The number of unbranched alkanes of at least 4 members (excludes halogenated alkanes) is 18. The topological polar surface area (TPSA) is 132 Å². The van der Waals surface area contributed by atoms with E-state index in [0.717, 1.165) is 51.4 Å². The van der Waals surface area contributed by atoms with Crippen LogP contribution in [0.1, 0.15) is 168 Å². The third-order valence-electron chi connectivity index (χ3n) is 8.33. The minimum Gasteiger partial charge on any atom is -0.457 e. The van der Waals surface area contributed by atoms with Crippen LogP contribution in [0.25, 0.3) is 0 Å². The quantitative estimate of drug-likeness (QED) is 0.0246. The standard InChI is InChI=1S/C40H75O9P/c1-3-5-7-9-11-13-15-17-19-20-22-24-26-28-30-32-40(43)49-39(37-48-50(44,45)47-35-38(42)34-41)36-46-33-31-29-27-25-23-21-18-16-14-12-10-8-6-4-2/h11,13,17,19,22,24,38-39,41-42H,3-10,12,14-16,18,20-21,23,25-37H2,1-2H3,(H,44,45)/b13-11-,19-17-,24-22-/t38-,39+/m0/s1. The monoisotopic (exact) mass is 731 g/mol. The van der Waals surface area contributed by atoms with Gasteiger partial charge in [0.25, 0.3) is 0 Å². The number of aliphatic hydroxyl groups is 2. The fourth-order valence-corrected chi connectivity index (χ4v) is 6.03. The SMILES string of the molecule is CCCCC/C=C\C/C=C\C/C=C\CCCCC(=O)O[C@H](COCCCCCCCCCCCCCCCC)COP(=O)(O)OC[C@@H](O)CO. The first-order chi connectivity index (χ1) is 24.3. The van der Waals surface area contributed by atoms with Gasteiger partial charge in [0.05, 0.1) is 26.4 Å². The van der Waals surface area contributed by atoms with Crippen molar-refractivity contribution in [2.75, 3.05) is 33.0 Å². The Morgan fingerprint density at radius 1 is 0.620 bits per heavy atom. The van der Waals surface area contributed by atoms with Crippen molar-refractivity contribution in [1.29, 1.82) is 0 Å². The molecule has 0 amide bonds. The van der Waals surface area contributed by atoms with Crippen LogP contribution in [-0.4, -0.2) is 66.3 Å². The molecule has 0 aromatic carbocycles. The second-order valence-corrected chi connectivity index (χ2v) is 14.8. The number of carbonyl (C=O) groups excluding carboxylic acids is 1. The highest BCUT2D eigenvalue weighted by atomic mass is 31.2. The van der Waals surface area contributed by atoms with Gasteiger partial charge in [0.1, 0.15) is 12.2 Å². The molecule has 3 atom stereocenters. The maximum Gasteiger partial charge on any atom is 0.472 e. The lowest BCUT2D eigenvalue weighted by Gasteiger charge is -2.20. The molecular formula is C40H75O9P. The molecule has 3 N–H and O–H groups in total. The Hall–Kier alpha value is -1.32. The molecular weight excluding hydrogens is 655 g/mol. The molecule has 0 saturated carbocycles. The summed E-state index contributed by atoms with van der Waals surface area (Å²) in [5, 5.41) is 18.3. The first kappa shape index (κ1) is 48.7. The average molecular weight is 731 g/mol. The molecule has 0 bridgehead atoms. The molecule has 0 aliphatic heterocycles. The molecule has 0 rings (SSSR count). The van der Waals surface area contributed by atoms with E-state index < -0.39 is 45.8 Å². The lowest BCUT2D eigenvalue weighted by molar-refractivity contribution is -0.154. The fraction of sp³-hybridized carbons (Fsp3) is 0.825. The Morgan fingerprint density at radius 2 is 1.08 bits per heavy atom. The maximum atomic E-state index is 12.5. The predicted molar refractivity (Wildman–Crippen MR) is 205 cm³/mol. The molecule has 0 heterocycles. The van der Waals surface area contributed by atoms with Gasteiger partial charge < -0.3 is 24.6 Å². The van der Waals surface area contributed by atoms with Crippen LogP contribution in [0, 0.1) is 0 Å². The summed E-state index contributed by atoms with van der Waals surface area (Å²) in [4.78, 5) is 22.5. The number of allylic oxidation sites excluding steroid dienone is 6. The Labute approximate surface area is 305 Å². The van der Waals surface area contributed by atoms with Crippen LogP contribution in [0.15, 0.2) is 36.5 Å². The van der Waals surface area contributed by atoms with Crippen molar-refractivity contribution in [2.45, 2.75) is 180 Å². The molecule has 50 heavy (non-hydrogen) atoms.